The van der Waals surface area contributed by atoms with E-state index in [-0.39, 0.29) is 6.04 Å². The molecule has 0 fully saturated rings. The molecule has 2 rings (SSSR count). The van der Waals surface area contributed by atoms with Gasteiger partial charge in [0.25, 0.3) is 0 Å². The zero-order valence-corrected chi connectivity index (χ0v) is 8.71. The van der Waals surface area contributed by atoms with Crippen molar-refractivity contribution in [3.63, 3.8) is 0 Å². The third-order valence-electron chi connectivity index (χ3n) is 2.16. The molecule has 80 valence electrons. The average molecular weight is 214 g/mol. The van der Waals surface area contributed by atoms with Crippen LogP contribution in [0.3, 0.4) is 0 Å². The number of aromatic nitrogens is 2. The van der Waals surface area contributed by atoms with Crippen LogP contribution in [0.2, 0.25) is 0 Å². The smallest absolute Gasteiger partial charge is 0.167 e. The molecule has 0 amide bonds. The number of nitrogens with zero attached hydrogens (tertiary/aromatic N) is 3. The molecular formula is C11H10N4O. The standard InChI is InChI=1S/C11H10N4O/c1-8(10-3-2-6-16-10)14-11-9(7-12)4-5-13-15-11/h2-6,8H,1H3,(H,14,15). The van der Waals surface area contributed by atoms with Crippen LogP contribution in [0.5, 0.6) is 0 Å². The van der Waals surface area contributed by atoms with Crippen LogP contribution in [0.25, 0.3) is 0 Å². The molecule has 0 aliphatic carbocycles. The lowest BCUT2D eigenvalue weighted by Crippen LogP contribution is -2.09. The number of hydrogen-bond acceptors (Lipinski definition) is 5. The summed E-state index contributed by atoms with van der Waals surface area (Å²) in [5.74, 6) is 1.25. The van der Waals surface area contributed by atoms with Crippen molar-refractivity contribution in [3.05, 3.63) is 42.0 Å². The van der Waals surface area contributed by atoms with E-state index in [0.717, 1.165) is 5.76 Å². The lowest BCUT2D eigenvalue weighted by atomic mass is 10.2. The highest BCUT2D eigenvalue weighted by Gasteiger charge is 2.11. The number of rotatable bonds is 3. The summed E-state index contributed by atoms with van der Waals surface area (Å²) in [6.07, 6.45) is 3.09. The van der Waals surface area contributed by atoms with Crippen molar-refractivity contribution in [2.45, 2.75) is 13.0 Å². The highest BCUT2D eigenvalue weighted by molar-refractivity contribution is 5.51. The summed E-state index contributed by atoms with van der Waals surface area (Å²) in [4.78, 5) is 0. The van der Waals surface area contributed by atoms with Crippen molar-refractivity contribution < 1.29 is 4.42 Å². The molecule has 0 bridgehead atoms. The van der Waals surface area contributed by atoms with Gasteiger partial charge >= 0.3 is 0 Å². The Morgan fingerprint density at radius 3 is 3.06 bits per heavy atom. The van der Waals surface area contributed by atoms with Gasteiger partial charge in [-0.05, 0) is 25.1 Å². The molecule has 5 nitrogen and oxygen atoms in total. The van der Waals surface area contributed by atoms with E-state index < -0.39 is 0 Å². The monoisotopic (exact) mass is 214 g/mol. The Bertz CT molecular complexity index is 501. The number of hydrogen-bond donors (Lipinski definition) is 1. The Labute approximate surface area is 92.7 Å². The van der Waals surface area contributed by atoms with Crippen LogP contribution in [-0.4, -0.2) is 10.2 Å². The van der Waals surface area contributed by atoms with Gasteiger partial charge in [-0.25, -0.2) is 0 Å². The van der Waals surface area contributed by atoms with Crippen molar-refractivity contribution in [3.8, 4) is 6.07 Å². The van der Waals surface area contributed by atoms with Crippen molar-refractivity contribution in [1.29, 1.82) is 5.26 Å². The van der Waals surface area contributed by atoms with E-state index in [1.54, 1.807) is 12.3 Å². The van der Waals surface area contributed by atoms with Gasteiger partial charge in [0.2, 0.25) is 0 Å². The number of nitriles is 1. The molecule has 2 aromatic rings. The quantitative estimate of drug-likeness (QED) is 0.846. The summed E-state index contributed by atoms with van der Waals surface area (Å²) < 4.78 is 5.25. The number of furan rings is 1. The summed E-state index contributed by atoms with van der Waals surface area (Å²) in [5.41, 5.74) is 0.466. The topological polar surface area (TPSA) is 74.7 Å². The van der Waals surface area contributed by atoms with Gasteiger partial charge in [0, 0.05) is 0 Å². The molecule has 16 heavy (non-hydrogen) atoms. The van der Waals surface area contributed by atoms with E-state index in [2.05, 4.69) is 21.6 Å². The Kier molecular flexibility index (Phi) is 2.83. The first kappa shape index (κ1) is 10.2. The predicted molar refractivity (Wildman–Crippen MR) is 57.5 cm³/mol. The highest BCUT2D eigenvalue weighted by atomic mass is 16.3. The highest BCUT2D eigenvalue weighted by Crippen LogP contribution is 2.19. The first-order valence-corrected chi connectivity index (χ1v) is 4.83. The molecule has 0 spiro atoms. The Balaban J connectivity index is 2.19. The molecule has 1 unspecified atom stereocenters. The lowest BCUT2D eigenvalue weighted by molar-refractivity contribution is 0.490. The maximum Gasteiger partial charge on any atom is 0.167 e. The SMILES string of the molecule is CC(Nc1nnccc1C#N)c1ccco1. The van der Waals surface area contributed by atoms with Crippen LogP contribution in [0.15, 0.2) is 35.1 Å². The van der Waals surface area contributed by atoms with Crippen molar-refractivity contribution in [2.75, 3.05) is 5.32 Å². The van der Waals surface area contributed by atoms with E-state index in [1.165, 1.54) is 6.20 Å². The maximum atomic E-state index is 8.88. The number of nitrogens with one attached hydrogen (secondary N) is 1. The zero-order chi connectivity index (χ0) is 11.4. The van der Waals surface area contributed by atoms with Crippen molar-refractivity contribution in [1.82, 2.24) is 10.2 Å². The van der Waals surface area contributed by atoms with Gasteiger partial charge in [0.05, 0.1) is 24.1 Å². The van der Waals surface area contributed by atoms with Gasteiger partial charge in [-0.1, -0.05) is 0 Å². The van der Waals surface area contributed by atoms with Crippen molar-refractivity contribution in [2.24, 2.45) is 0 Å². The maximum absolute atomic E-state index is 8.88. The van der Waals surface area contributed by atoms with Crippen LogP contribution in [0.1, 0.15) is 24.3 Å². The van der Waals surface area contributed by atoms with Crippen LogP contribution in [0, 0.1) is 11.3 Å². The largest absolute Gasteiger partial charge is 0.467 e. The second-order valence-electron chi connectivity index (χ2n) is 3.29. The molecular weight excluding hydrogens is 204 g/mol. The molecule has 0 saturated carbocycles. The molecule has 2 aromatic heterocycles. The van der Waals surface area contributed by atoms with Gasteiger partial charge in [0.1, 0.15) is 11.8 Å². The fourth-order valence-electron chi connectivity index (χ4n) is 1.34. The summed E-state index contributed by atoms with van der Waals surface area (Å²) in [5, 5.41) is 19.6. The van der Waals surface area contributed by atoms with E-state index in [9.17, 15) is 0 Å². The summed E-state index contributed by atoms with van der Waals surface area (Å²) in [6.45, 7) is 1.93. The fourth-order valence-corrected chi connectivity index (χ4v) is 1.34. The normalized spacial score (nSPS) is 11.8. The minimum atomic E-state index is -0.0567. The molecule has 2 heterocycles. The molecule has 0 aliphatic heterocycles. The van der Waals surface area contributed by atoms with Crippen LogP contribution < -0.4 is 5.32 Å². The van der Waals surface area contributed by atoms with Gasteiger partial charge in [-0.15, -0.1) is 5.10 Å². The minimum Gasteiger partial charge on any atom is -0.467 e. The Morgan fingerprint density at radius 1 is 1.50 bits per heavy atom. The molecule has 0 saturated heterocycles. The van der Waals surface area contributed by atoms with Crippen molar-refractivity contribution >= 4 is 5.82 Å². The van der Waals surface area contributed by atoms with Gasteiger partial charge in [-0.2, -0.15) is 10.4 Å². The first-order chi connectivity index (χ1) is 7.81. The summed E-state index contributed by atoms with van der Waals surface area (Å²) >= 11 is 0. The third-order valence-corrected chi connectivity index (χ3v) is 2.16. The second kappa shape index (κ2) is 4.45. The molecule has 0 aliphatic rings. The van der Waals surface area contributed by atoms with E-state index in [4.69, 9.17) is 9.68 Å². The molecule has 1 atom stereocenters. The summed E-state index contributed by atoms with van der Waals surface area (Å²) in [7, 11) is 0. The Hall–Kier alpha value is -2.35. The summed E-state index contributed by atoms with van der Waals surface area (Å²) in [6, 6.07) is 7.29. The number of anilines is 1. The van der Waals surface area contributed by atoms with Gasteiger partial charge in [-0.3, -0.25) is 0 Å². The first-order valence-electron chi connectivity index (χ1n) is 4.83. The molecule has 5 heteroatoms. The van der Waals surface area contributed by atoms with E-state index in [1.807, 2.05) is 19.1 Å². The lowest BCUT2D eigenvalue weighted by Gasteiger charge is -2.11. The minimum absolute atomic E-state index is 0.0567. The van der Waals surface area contributed by atoms with Gasteiger partial charge < -0.3 is 9.73 Å². The third kappa shape index (κ3) is 2.01. The second-order valence-corrected chi connectivity index (χ2v) is 3.29. The fraction of sp³-hybridized carbons (Fsp3) is 0.182. The van der Waals surface area contributed by atoms with Crippen LogP contribution in [-0.2, 0) is 0 Å². The van der Waals surface area contributed by atoms with Crippen LogP contribution >= 0.6 is 0 Å². The Morgan fingerprint density at radius 2 is 2.38 bits per heavy atom. The predicted octanol–water partition coefficient (Wildman–Crippen LogP) is 2.11. The van der Waals surface area contributed by atoms with Crippen LogP contribution in [0.4, 0.5) is 5.82 Å². The van der Waals surface area contributed by atoms with E-state index >= 15 is 0 Å². The average Bonchev–Trinajstić information content (AvgIpc) is 2.83. The molecule has 0 aromatic carbocycles. The molecule has 0 radical (unpaired) electrons. The van der Waals surface area contributed by atoms with E-state index in [0.29, 0.717) is 11.4 Å². The van der Waals surface area contributed by atoms with Gasteiger partial charge in [0.15, 0.2) is 5.82 Å². The molecule has 1 N–H and O–H groups in total. The zero-order valence-electron chi connectivity index (χ0n) is 8.71.